The summed E-state index contributed by atoms with van der Waals surface area (Å²) in [6.07, 6.45) is 1.02. The van der Waals surface area contributed by atoms with E-state index in [1.807, 2.05) is 12.1 Å². The standard InChI is InChI=1S/C15H24BrNO2/c1-11(2)17-10-13-6-5-7-14(16)15(13)19-12(3)8-9-18-4/h5-7,11-12,17H,8-10H2,1-4H3. The van der Waals surface area contributed by atoms with Gasteiger partial charge in [-0.05, 0) is 28.9 Å². The molecule has 0 saturated carbocycles. The van der Waals surface area contributed by atoms with Crippen LogP contribution < -0.4 is 10.1 Å². The van der Waals surface area contributed by atoms with Crippen molar-refractivity contribution in [2.24, 2.45) is 0 Å². The van der Waals surface area contributed by atoms with Gasteiger partial charge in [-0.25, -0.2) is 0 Å². The first-order valence-corrected chi connectivity index (χ1v) is 7.50. The minimum Gasteiger partial charge on any atom is -0.489 e. The van der Waals surface area contributed by atoms with Crippen molar-refractivity contribution in [2.75, 3.05) is 13.7 Å². The lowest BCUT2D eigenvalue weighted by atomic mass is 10.2. The van der Waals surface area contributed by atoms with Gasteiger partial charge in [0.1, 0.15) is 5.75 Å². The number of rotatable bonds is 8. The van der Waals surface area contributed by atoms with E-state index in [1.165, 1.54) is 5.56 Å². The van der Waals surface area contributed by atoms with Gasteiger partial charge >= 0.3 is 0 Å². The van der Waals surface area contributed by atoms with Gasteiger partial charge < -0.3 is 14.8 Å². The van der Waals surface area contributed by atoms with Crippen molar-refractivity contribution in [1.82, 2.24) is 5.32 Å². The normalized spacial score (nSPS) is 12.7. The molecule has 0 aliphatic rings. The Morgan fingerprint density at radius 2 is 2.00 bits per heavy atom. The highest BCUT2D eigenvalue weighted by molar-refractivity contribution is 9.10. The predicted molar refractivity (Wildman–Crippen MR) is 82.7 cm³/mol. The highest BCUT2D eigenvalue weighted by Crippen LogP contribution is 2.30. The molecule has 1 aromatic carbocycles. The summed E-state index contributed by atoms with van der Waals surface area (Å²) in [6.45, 7) is 7.87. The molecule has 0 bridgehead atoms. The molecule has 0 aromatic heterocycles. The lowest BCUT2D eigenvalue weighted by Gasteiger charge is -2.19. The molecule has 0 aliphatic heterocycles. The Balaban J connectivity index is 2.73. The molecule has 0 spiro atoms. The summed E-state index contributed by atoms with van der Waals surface area (Å²) in [6, 6.07) is 6.60. The predicted octanol–water partition coefficient (Wildman–Crippen LogP) is 3.75. The van der Waals surface area contributed by atoms with E-state index in [4.69, 9.17) is 9.47 Å². The fourth-order valence-corrected chi connectivity index (χ4v) is 2.18. The molecular weight excluding hydrogens is 306 g/mol. The van der Waals surface area contributed by atoms with E-state index in [0.29, 0.717) is 12.6 Å². The zero-order valence-corrected chi connectivity index (χ0v) is 13.8. The third-order valence-corrected chi connectivity index (χ3v) is 3.42. The van der Waals surface area contributed by atoms with E-state index in [0.717, 1.165) is 23.2 Å². The molecule has 108 valence electrons. The van der Waals surface area contributed by atoms with Crippen LogP contribution in [0.5, 0.6) is 5.75 Å². The number of nitrogens with one attached hydrogen (secondary N) is 1. The van der Waals surface area contributed by atoms with Crippen molar-refractivity contribution in [2.45, 2.75) is 45.9 Å². The van der Waals surface area contributed by atoms with Gasteiger partial charge in [0, 0.05) is 38.3 Å². The van der Waals surface area contributed by atoms with E-state index in [9.17, 15) is 0 Å². The van der Waals surface area contributed by atoms with Crippen LogP contribution in [0.2, 0.25) is 0 Å². The number of hydrogen-bond donors (Lipinski definition) is 1. The molecule has 1 atom stereocenters. The highest BCUT2D eigenvalue weighted by Gasteiger charge is 2.12. The quantitative estimate of drug-likeness (QED) is 0.787. The van der Waals surface area contributed by atoms with E-state index in [1.54, 1.807) is 7.11 Å². The topological polar surface area (TPSA) is 30.5 Å². The summed E-state index contributed by atoms with van der Waals surface area (Å²) in [5.74, 6) is 0.930. The molecule has 19 heavy (non-hydrogen) atoms. The molecule has 1 rings (SSSR count). The number of hydrogen-bond acceptors (Lipinski definition) is 3. The van der Waals surface area contributed by atoms with Gasteiger partial charge in [-0.15, -0.1) is 0 Å². The minimum atomic E-state index is 0.136. The van der Waals surface area contributed by atoms with Crippen molar-refractivity contribution in [1.29, 1.82) is 0 Å². The van der Waals surface area contributed by atoms with Crippen LogP contribution in [0, 0.1) is 0 Å². The van der Waals surface area contributed by atoms with E-state index < -0.39 is 0 Å². The Labute approximate surface area is 124 Å². The summed E-state index contributed by atoms with van der Waals surface area (Å²) >= 11 is 3.57. The van der Waals surface area contributed by atoms with Crippen LogP contribution in [0.25, 0.3) is 0 Å². The minimum absolute atomic E-state index is 0.136. The van der Waals surface area contributed by atoms with Crippen molar-refractivity contribution < 1.29 is 9.47 Å². The number of benzene rings is 1. The number of methoxy groups -OCH3 is 1. The molecule has 0 heterocycles. The van der Waals surface area contributed by atoms with Gasteiger partial charge in [-0.3, -0.25) is 0 Å². The van der Waals surface area contributed by atoms with Crippen molar-refractivity contribution in [3.05, 3.63) is 28.2 Å². The maximum absolute atomic E-state index is 6.04. The fraction of sp³-hybridized carbons (Fsp3) is 0.600. The van der Waals surface area contributed by atoms with E-state index in [2.05, 4.69) is 48.1 Å². The lowest BCUT2D eigenvalue weighted by molar-refractivity contribution is 0.134. The molecule has 0 fully saturated rings. The molecular formula is C15H24BrNO2. The lowest BCUT2D eigenvalue weighted by Crippen LogP contribution is -2.23. The van der Waals surface area contributed by atoms with Crippen LogP contribution in [0.3, 0.4) is 0 Å². The monoisotopic (exact) mass is 329 g/mol. The molecule has 4 heteroatoms. The van der Waals surface area contributed by atoms with Crippen LogP contribution >= 0.6 is 15.9 Å². The Hall–Kier alpha value is -0.580. The third kappa shape index (κ3) is 5.93. The average Bonchev–Trinajstić information content (AvgIpc) is 2.37. The van der Waals surface area contributed by atoms with Crippen LogP contribution in [-0.4, -0.2) is 25.9 Å². The van der Waals surface area contributed by atoms with Gasteiger partial charge in [0.25, 0.3) is 0 Å². The summed E-state index contributed by atoms with van der Waals surface area (Å²) < 4.78 is 12.1. The number of para-hydroxylation sites is 1. The molecule has 0 saturated heterocycles. The second-order valence-electron chi connectivity index (χ2n) is 4.97. The second kappa shape index (κ2) is 8.56. The molecule has 1 aromatic rings. The van der Waals surface area contributed by atoms with Crippen molar-refractivity contribution in [3.63, 3.8) is 0 Å². The summed E-state index contributed by atoms with van der Waals surface area (Å²) in [5, 5.41) is 3.42. The smallest absolute Gasteiger partial charge is 0.138 e. The van der Waals surface area contributed by atoms with Crippen molar-refractivity contribution in [3.8, 4) is 5.75 Å². The zero-order valence-electron chi connectivity index (χ0n) is 12.2. The summed E-state index contributed by atoms with van der Waals surface area (Å²) in [4.78, 5) is 0. The Kier molecular flexibility index (Phi) is 7.42. The second-order valence-corrected chi connectivity index (χ2v) is 5.83. The molecule has 3 nitrogen and oxygen atoms in total. The van der Waals surface area contributed by atoms with Crippen molar-refractivity contribution >= 4 is 15.9 Å². The molecule has 0 aliphatic carbocycles. The Morgan fingerprint density at radius 3 is 2.63 bits per heavy atom. The maximum atomic E-state index is 6.04. The Morgan fingerprint density at radius 1 is 1.26 bits per heavy atom. The average molecular weight is 330 g/mol. The van der Waals surface area contributed by atoms with E-state index in [-0.39, 0.29) is 6.10 Å². The van der Waals surface area contributed by atoms with Gasteiger partial charge in [0.15, 0.2) is 0 Å². The fourth-order valence-electron chi connectivity index (χ4n) is 1.68. The molecule has 0 amide bonds. The van der Waals surface area contributed by atoms with Crippen LogP contribution in [0.1, 0.15) is 32.8 Å². The van der Waals surface area contributed by atoms with Gasteiger partial charge in [0.05, 0.1) is 10.6 Å². The maximum Gasteiger partial charge on any atom is 0.138 e. The zero-order chi connectivity index (χ0) is 14.3. The summed E-state index contributed by atoms with van der Waals surface area (Å²) in [5.41, 5.74) is 1.17. The SMILES string of the molecule is COCCC(C)Oc1c(Br)cccc1CNC(C)C. The van der Waals surface area contributed by atoms with Crippen LogP contribution in [-0.2, 0) is 11.3 Å². The van der Waals surface area contributed by atoms with Gasteiger partial charge in [0.2, 0.25) is 0 Å². The largest absolute Gasteiger partial charge is 0.489 e. The molecule has 1 unspecified atom stereocenters. The Bertz CT molecular complexity index is 382. The first kappa shape index (κ1) is 16.5. The van der Waals surface area contributed by atoms with E-state index >= 15 is 0 Å². The highest BCUT2D eigenvalue weighted by atomic mass is 79.9. The first-order valence-electron chi connectivity index (χ1n) is 6.71. The first-order chi connectivity index (χ1) is 9.04. The van der Waals surface area contributed by atoms with Gasteiger partial charge in [-0.2, -0.15) is 0 Å². The summed E-state index contributed by atoms with van der Waals surface area (Å²) in [7, 11) is 1.71. The molecule has 1 N–H and O–H groups in total. The number of ether oxygens (including phenoxy) is 2. The van der Waals surface area contributed by atoms with Crippen LogP contribution in [0.4, 0.5) is 0 Å². The third-order valence-electron chi connectivity index (χ3n) is 2.80. The van der Waals surface area contributed by atoms with Crippen LogP contribution in [0.15, 0.2) is 22.7 Å². The van der Waals surface area contributed by atoms with Gasteiger partial charge in [-0.1, -0.05) is 26.0 Å². The molecule has 0 radical (unpaired) electrons. The number of halogens is 1.